The second-order valence-corrected chi connectivity index (χ2v) is 4.00. The maximum Gasteiger partial charge on any atom is 0.0829 e. The Kier molecular flexibility index (Phi) is 3.22. The number of pyridine rings is 1. The molecular weight excluding hydrogens is 224 g/mol. The Labute approximate surface area is 99.1 Å². The molecule has 0 saturated heterocycles. The molecule has 0 spiro atoms. The average molecular weight is 237 g/mol. The van der Waals surface area contributed by atoms with Gasteiger partial charge in [-0.05, 0) is 18.6 Å². The van der Waals surface area contributed by atoms with Gasteiger partial charge >= 0.3 is 0 Å². The van der Waals surface area contributed by atoms with Crippen LogP contribution in [0.25, 0.3) is 5.69 Å². The third-order valence-electron chi connectivity index (χ3n) is 2.41. The molecule has 2 aromatic rings. The molecule has 0 radical (unpaired) electrons. The quantitative estimate of drug-likeness (QED) is 0.890. The summed E-state index contributed by atoms with van der Waals surface area (Å²) in [4.78, 5) is 4.31. The van der Waals surface area contributed by atoms with Crippen molar-refractivity contribution in [3.63, 3.8) is 0 Å². The van der Waals surface area contributed by atoms with E-state index in [0.29, 0.717) is 5.02 Å². The molecule has 0 aliphatic rings. The lowest BCUT2D eigenvalue weighted by atomic mass is 10.1. The van der Waals surface area contributed by atoms with E-state index in [0.717, 1.165) is 17.8 Å². The fraction of sp³-hybridized carbons (Fsp3) is 0.273. The Bertz CT molecular complexity index is 463. The van der Waals surface area contributed by atoms with Crippen LogP contribution in [0.4, 0.5) is 0 Å². The van der Waals surface area contributed by atoms with Crippen molar-refractivity contribution in [3.8, 4) is 5.69 Å². The fourth-order valence-electron chi connectivity index (χ4n) is 1.40. The molecule has 0 unspecified atom stereocenters. The normalized spacial score (nSPS) is 12.7. The highest BCUT2D eigenvalue weighted by Gasteiger charge is 2.05. The van der Waals surface area contributed by atoms with Crippen molar-refractivity contribution in [1.82, 2.24) is 14.8 Å². The Hall–Kier alpha value is -1.39. The van der Waals surface area contributed by atoms with Gasteiger partial charge in [-0.15, -0.1) is 0 Å². The first-order valence-electron chi connectivity index (χ1n) is 5.12. The second-order valence-electron chi connectivity index (χ2n) is 3.56. The SMILES string of the molecule is CC[C@H](N)c1ccc(-n2cc(Cl)cn2)cn1. The van der Waals surface area contributed by atoms with Gasteiger partial charge < -0.3 is 5.73 Å². The van der Waals surface area contributed by atoms with Crippen LogP contribution in [0.1, 0.15) is 25.1 Å². The van der Waals surface area contributed by atoms with E-state index in [1.165, 1.54) is 0 Å². The topological polar surface area (TPSA) is 56.7 Å². The van der Waals surface area contributed by atoms with E-state index in [9.17, 15) is 0 Å². The van der Waals surface area contributed by atoms with Crippen molar-refractivity contribution < 1.29 is 0 Å². The van der Waals surface area contributed by atoms with Crippen LogP contribution in [0, 0.1) is 0 Å². The molecule has 0 aliphatic carbocycles. The lowest BCUT2D eigenvalue weighted by Crippen LogP contribution is -2.10. The molecule has 2 heterocycles. The molecule has 5 heteroatoms. The van der Waals surface area contributed by atoms with Crippen molar-refractivity contribution in [3.05, 3.63) is 41.4 Å². The van der Waals surface area contributed by atoms with E-state index in [2.05, 4.69) is 10.1 Å². The van der Waals surface area contributed by atoms with Crippen molar-refractivity contribution in [2.75, 3.05) is 0 Å². The molecule has 0 fully saturated rings. The minimum absolute atomic E-state index is 0.00439. The first kappa shape index (κ1) is 11.1. The summed E-state index contributed by atoms with van der Waals surface area (Å²) in [5.41, 5.74) is 7.65. The Morgan fingerprint density at radius 2 is 2.25 bits per heavy atom. The van der Waals surface area contributed by atoms with E-state index < -0.39 is 0 Å². The molecule has 0 aliphatic heterocycles. The van der Waals surface area contributed by atoms with Gasteiger partial charge in [0.1, 0.15) is 0 Å². The first-order chi connectivity index (χ1) is 7.70. The molecule has 0 amide bonds. The number of rotatable bonds is 3. The molecule has 4 nitrogen and oxygen atoms in total. The Morgan fingerprint density at radius 3 is 2.75 bits per heavy atom. The molecule has 16 heavy (non-hydrogen) atoms. The largest absolute Gasteiger partial charge is 0.323 e. The first-order valence-corrected chi connectivity index (χ1v) is 5.50. The molecule has 0 aromatic carbocycles. The van der Waals surface area contributed by atoms with Crippen LogP contribution in [0.3, 0.4) is 0 Å². The highest BCUT2D eigenvalue weighted by atomic mass is 35.5. The van der Waals surface area contributed by atoms with Gasteiger partial charge in [0, 0.05) is 12.2 Å². The predicted molar refractivity (Wildman–Crippen MR) is 63.6 cm³/mol. The number of nitrogens with two attached hydrogens (primary N) is 1. The number of nitrogens with zero attached hydrogens (tertiary/aromatic N) is 3. The fourth-order valence-corrected chi connectivity index (χ4v) is 1.54. The van der Waals surface area contributed by atoms with Crippen LogP contribution in [0.5, 0.6) is 0 Å². The zero-order chi connectivity index (χ0) is 11.5. The number of aromatic nitrogens is 3. The summed E-state index contributed by atoms with van der Waals surface area (Å²) in [5, 5.41) is 4.70. The summed E-state index contributed by atoms with van der Waals surface area (Å²) in [6.07, 6.45) is 5.94. The van der Waals surface area contributed by atoms with Gasteiger partial charge in [-0.3, -0.25) is 4.98 Å². The predicted octanol–water partition coefficient (Wildman–Crippen LogP) is 2.33. The summed E-state index contributed by atoms with van der Waals surface area (Å²) in [6, 6.07) is 3.84. The zero-order valence-electron chi connectivity index (χ0n) is 8.97. The van der Waals surface area contributed by atoms with Crippen LogP contribution < -0.4 is 5.73 Å². The van der Waals surface area contributed by atoms with Crippen molar-refractivity contribution >= 4 is 11.6 Å². The summed E-state index contributed by atoms with van der Waals surface area (Å²) in [5.74, 6) is 0. The van der Waals surface area contributed by atoms with Crippen LogP contribution in [0.15, 0.2) is 30.7 Å². The van der Waals surface area contributed by atoms with Crippen molar-refractivity contribution in [1.29, 1.82) is 0 Å². The highest BCUT2D eigenvalue weighted by Crippen LogP contribution is 2.14. The summed E-state index contributed by atoms with van der Waals surface area (Å²) >= 11 is 5.79. The monoisotopic (exact) mass is 236 g/mol. The minimum atomic E-state index is -0.00439. The second kappa shape index (κ2) is 4.63. The summed E-state index contributed by atoms with van der Waals surface area (Å²) < 4.78 is 1.68. The molecule has 2 N–H and O–H groups in total. The van der Waals surface area contributed by atoms with E-state index in [1.54, 1.807) is 23.3 Å². The van der Waals surface area contributed by atoms with Crippen LogP contribution in [0.2, 0.25) is 5.02 Å². The van der Waals surface area contributed by atoms with Crippen LogP contribution >= 0.6 is 11.6 Å². The minimum Gasteiger partial charge on any atom is -0.323 e. The lowest BCUT2D eigenvalue weighted by molar-refractivity contribution is 0.674. The van der Waals surface area contributed by atoms with Crippen molar-refractivity contribution in [2.24, 2.45) is 5.73 Å². The van der Waals surface area contributed by atoms with Crippen LogP contribution in [-0.4, -0.2) is 14.8 Å². The lowest BCUT2D eigenvalue weighted by Gasteiger charge is -2.08. The highest BCUT2D eigenvalue weighted by molar-refractivity contribution is 6.30. The third-order valence-corrected chi connectivity index (χ3v) is 2.60. The van der Waals surface area contributed by atoms with Gasteiger partial charge in [-0.25, -0.2) is 4.68 Å². The van der Waals surface area contributed by atoms with E-state index in [-0.39, 0.29) is 6.04 Å². The molecule has 1 atom stereocenters. The zero-order valence-corrected chi connectivity index (χ0v) is 9.72. The summed E-state index contributed by atoms with van der Waals surface area (Å²) in [6.45, 7) is 2.04. The smallest absolute Gasteiger partial charge is 0.0829 e. The van der Waals surface area contributed by atoms with Crippen molar-refractivity contribution in [2.45, 2.75) is 19.4 Å². The molecule has 84 valence electrons. The summed E-state index contributed by atoms with van der Waals surface area (Å²) in [7, 11) is 0. The van der Waals surface area contributed by atoms with Gasteiger partial charge in [-0.1, -0.05) is 18.5 Å². The standard InChI is InChI=1S/C11H13ClN4/c1-2-10(13)11-4-3-9(6-14-11)16-7-8(12)5-15-16/h3-7,10H,2,13H2,1H3/t10-/m0/s1. The van der Waals surface area contributed by atoms with E-state index >= 15 is 0 Å². The maximum absolute atomic E-state index is 5.88. The third kappa shape index (κ3) is 2.23. The number of hydrogen-bond donors (Lipinski definition) is 1. The van der Waals surface area contributed by atoms with Gasteiger partial charge in [0.2, 0.25) is 0 Å². The Morgan fingerprint density at radius 1 is 1.44 bits per heavy atom. The molecule has 2 aromatic heterocycles. The molecular formula is C11H13ClN4. The maximum atomic E-state index is 5.88. The van der Waals surface area contributed by atoms with Crippen LogP contribution in [-0.2, 0) is 0 Å². The molecule has 2 rings (SSSR count). The number of hydrogen-bond acceptors (Lipinski definition) is 3. The number of halogens is 1. The molecule has 0 bridgehead atoms. The van der Waals surface area contributed by atoms with Gasteiger partial charge in [0.25, 0.3) is 0 Å². The van der Waals surface area contributed by atoms with Gasteiger partial charge in [0.15, 0.2) is 0 Å². The van der Waals surface area contributed by atoms with Gasteiger partial charge in [-0.2, -0.15) is 5.10 Å². The molecule has 0 saturated carbocycles. The average Bonchev–Trinajstić information content (AvgIpc) is 2.75. The van der Waals surface area contributed by atoms with E-state index in [1.807, 2.05) is 19.1 Å². The van der Waals surface area contributed by atoms with Gasteiger partial charge in [0.05, 0.1) is 28.8 Å². The van der Waals surface area contributed by atoms with E-state index in [4.69, 9.17) is 17.3 Å². The Balaban J connectivity index is 2.25.